The van der Waals surface area contributed by atoms with Gasteiger partial charge in [-0.2, -0.15) is 0 Å². The van der Waals surface area contributed by atoms with Gasteiger partial charge in [-0.1, -0.05) is 25.7 Å². The molecule has 17 heavy (non-hydrogen) atoms. The highest BCUT2D eigenvalue weighted by Crippen LogP contribution is 2.33. The normalized spacial score (nSPS) is 18.2. The van der Waals surface area contributed by atoms with E-state index in [0.717, 1.165) is 25.7 Å². The molecule has 0 aliphatic heterocycles. The summed E-state index contributed by atoms with van der Waals surface area (Å²) in [5, 5.41) is 26.6. The smallest absolute Gasteiger partial charge is 0.318 e. The Morgan fingerprint density at radius 3 is 1.76 bits per heavy atom. The molecule has 0 radical (unpaired) electrons. The van der Waals surface area contributed by atoms with Crippen molar-refractivity contribution in [3.05, 3.63) is 0 Å². The average Bonchev–Trinajstić information content (AvgIpc) is 2.67. The lowest BCUT2D eigenvalue weighted by Gasteiger charge is -2.19. The lowest BCUT2D eigenvalue weighted by Crippen LogP contribution is -2.36. The van der Waals surface area contributed by atoms with Crippen molar-refractivity contribution >= 4 is 17.9 Å². The van der Waals surface area contributed by atoms with Gasteiger partial charge in [-0.3, -0.25) is 14.4 Å². The highest BCUT2D eigenvalue weighted by Gasteiger charge is 2.41. The van der Waals surface area contributed by atoms with Crippen molar-refractivity contribution in [3.8, 4) is 0 Å². The fourth-order valence-corrected chi connectivity index (χ4v) is 2.43. The quantitative estimate of drug-likeness (QED) is 0.602. The monoisotopic (exact) mass is 244 g/mol. The molecule has 0 amide bonds. The van der Waals surface area contributed by atoms with Crippen LogP contribution in [0.5, 0.6) is 0 Å². The molecule has 3 N–H and O–H groups in total. The molecule has 0 aromatic carbocycles. The maximum atomic E-state index is 11.0. The van der Waals surface area contributed by atoms with Crippen molar-refractivity contribution in [3.63, 3.8) is 0 Å². The molecule has 6 nitrogen and oxygen atoms in total. The van der Waals surface area contributed by atoms with E-state index in [1.807, 2.05) is 0 Å². The van der Waals surface area contributed by atoms with Gasteiger partial charge in [-0.15, -0.1) is 0 Å². The molecular formula is C11H16O6. The highest BCUT2D eigenvalue weighted by atomic mass is 16.4. The maximum absolute atomic E-state index is 11.0. The van der Waals surface area contributed by atoms with E-state index in [0.29, 0.717) is 0 Å². The largest absolute Gasteiger partial charge is 0.481 e. The summed E-state index contributed by atoms with van der Waals surface area (Å²) in [5.41, 5.74) is 0. The first kappa shape index (κ1) is 13.5. The van der Waals surface area contributed by atoms with Crippen molar-refractivity contribution in [1.82, 2.24) is 0 Å². The summed E-state index contributed by atoms with van der Waals surface area (Å²) in [5.74, 6) is -7.56. The van der Waals surface area contributed by atoms with E-state index >= 15 is 0 Å². The van der Waals surface area contributed by atoms with E-state index in [4.69, 9.17) is 15.3 Å². The summed E-state index contributed by atoms with van der Waals surface area (Å²) in [4.78, 5) is 32.6. The molecule has 0 aromatic rings. The fraction of sp³-hybridized carbons (Fsp3) is 0.727. The predicted octanol–water partition coefficient (Wildman–Crippen LogP) is 1.05. The molecule has 1 aliphatic carbocycles. The number of carboxylic acid groups (broad SMARTS) is 3. The zero-order valence-electron chi connectivity index (χ0n) is 9.33. The Balaban J connectivity index is 2.78. The molecule has 0 spiro atoms. The van der Waals surface area contributed by atoms with Crippen molar-refractivity contribution < 1.29 is 29.7 Å². The molecule has 0 heterocycles. The molecule has 1 rings (SSSR count). The van der Waals surface area contributed by atoms with Gasteiger partial charge in [0.1, 0.15) is 0 Å². The van der Waals surface area contributed by atoms with Gasteiger partial charge in [0.2, 0.25) is 0 Å². The van der Waals surface area contributed by atoms with E-state index in [1.54, 1.807) is 0 Å². The number of hydrogen-bond acceptors (Lipinski definition) is 3. The van der Waals surface area contributed by atoms with Crippen molar-refractivity contribution in [2.24, 2.45) is 17.8 Å². The zero-order chi connectivity index (χ0) is 13.0. The van der Waals surface area contributed by atoms with Gasteiger partial charge in [0, 0.05) is 0 Å². The summed E-state index contributed by atoms with van der Waals surface area (Å²) in [6.45, 7) is 0. The first-order valence-corrected chi connectivity index (χ1v) is 5.62. The van der Waals surface area contributed by atoms with E-state index in [1.165, 1.54) is 0 Å². The Morgan fingerprint density at radius 1 is 0.941 bits per heavy atom. The summed E-state index contributed by atoms with van der Waals surface area (Å²) >= 11 is 0. The number of carbonyl (C=O) groups is 3. The van der Waals surface area contributed by atoms with Gasteiger partial charge in [0.05, 0.1) is 5.92 Å². The first-order chi connectivity index (χ1) is 7.93. The summed E-state index contributed by atoms with van der Waals surface area (Å²) in [6, 6.07) is 0. The Kier molecular flexibility index (Phi) is 4.48. The van der Waals surface area contributed by atoms with Gasteiger partial charge in [0.25, 0.3) is 0 Å². The Hall–Kier alpha value is -1.59. The highest BCUT2D eigenvalue weighted by molar-refractivity contribution is 5.97. The molecule has 1 fully saturated rings. The second-order valence-corrected chi connectivity index (χ2v) is 4.49. The van der Waals surface area contributed by atoms with Crippen LogP contribution in [0.2, 0.25) is 0 Å². The van der Waals surface area contributed by atoms with Gasteiger partial charge < -0.3 is 15.3 Å². The van der Waals surface area contributed by atoms with Crippen molar-refractivity contribution in [2.45, 2.75) is 32.1 Å². The van der Waals surface area contributed by atoms with Crippen molar-refractivity contribution in [2.75, 3.05) is 0 Å². The molecule has 1 saturated carbocycles. The number of hydrogen-bond donors (Lipinski definition) is 3. The van der Waals surface area contributed by atoms with Crippen LogP contribution in [0.4, 0.5) is 0 Å². The lowest BCUT2D eigenvalue weighted by molar-refractivity contribution is -0.164. The van der Waals surface area contributed by atoms with E-state index < -0.39 is 29.7 Å². The third kappa shape index (κ3) is 3.44. The summed E-state index contributed by atoms with van der Waals surface area (Å²) < 4.78 is 0. The predicted molar refractivity (Wildman–Crippen MR) is 56.5 cm³/mol. The topological polar surface area (TPSA) is 112 Å². The van der Waals surface area contributed by atoms with Crippen LogP contribution in [0.3, 0.4) is 0 Å². The molecule has 0 saturated heterocycles. The second-order valence-electron chi connectivity index (χ2n) is 4.49. The van der Waals surface area contributed by atoms with Gasteiger partial charge in [-0.05, 0) is 12.3 Å². The molecule has 1 atom stereocenters. The SMILES string of the molecule is O=C(O)C(C(=O)O)[C@@H](CC1CCCC1)C(=O)O. The van der Waals surface area contributed by atoms with Crippen LogP contribution in [0.15, 0.2) is 0 Å². The molecule has 0 bridgehead atoms. The Labute approximate surface area is 98.3 Å². The van der Waals surface area contributed by atoms with Crippen LogP contribution in [0, 0.1) is 17.8 Å². The standard InChI is InChI=1S/C11H16O6/c12-9(13)7(5-6-3-1-2-4-6)8(10(14)15)11(16)17/h6-8H,1-5H2,(H,12,13)(H,14,15)(H,16,17)/t7-/m1/s1. The lowest BCUT2D eigenvalue weighted by atomic mass is 9.83. The van der Waals surface area contributed by atoms with Gasteiger partial charge >= 0.3 is 17.9 Å². The minimum atomic E-state index is -1.85. The maximum Gasteiger partial charge on any atom is 0.318 e. The van der Waals surface area contributed by atoms with Crippen LogP contribution in [-0.2, 0) is 14.4 Å². The van der Waals surface area contributed by atoms with Crippen molar-refractivity contribution in [1.29, 1.82) is 0 Å². The van der Waals surface area contributed by atoms with Gasteiger partial charge in [0.15, 0.2) is 5.92 Å². The van der Waals surface area contributed by atoms with Crippen LogP contribution >= 0.6 is 0 Å². The third-order valence-electron chi connectivity index (χ3n) is 3.31. The molecule has 96 valence electrons. The van der Waals surface area contributed by atoms with Crippen LogP contribution < -0.4 is 0 Å². The molecular weight excluding hydrogens is 228 g/mol. The van der Waals surface area contributed by atoms with E-state index in [2.05, 4.69) is 0 Å². The van der Waals surface area contributed by atoms with Crippen LogP contribution in [0.25, 0.3) is 0 Å². The minimum Gasteiger partial charge on any atom is -0.481 e. The third-order valence-corrected chi connectivity index (χ3v) is 3.31. The van der Waals surface area contributed by atoms with E-state index in [9.17, 15) is 14.4 Å². The van der Waals surface area contributed by atoms with E-state index in [-0.39, 0.29) is 12.3 Å². The molecule has 6 heteroatoms. The molecule has 1 aliphatic rings. The number of aliphatic carboxylic acids is 3. The first-order valence-electron chi connectivity index (χ1n) is 5.62. The van der Waals surface area contributed by atoms with Crippen LogP contribution in [-0.4, -0.2) is 33.2 Å². The Morgan fingerprint density at radius 2 is 1.41 bits per heavy atom. The number of rotatable bonds is 6. The van der Waals surface area contributed by atoms with Crippen LogP contribution in [0.1, 0.15) is 32.1 Å². The Bertz CT molecular complexity index is 304. The average molecular weight is 244 g/mol. The summed E-state index contributed by atoms with van der Waals surface area (Å²) in [6.07, 6.45) is 3.85. The van der Waals surface area contributed by atoms with Gasteiger partial charge in [-0.25, -0.2) is 0 Å². The summed E-state index contributed by atoms with van der Waals surface area (Å²) in [7, 11) is 0. The minimum absolute atomic E-state index is 0.136. The molecule has 0 unspecified atom stereocenters. The second kappa shape index (κ2) is 5.65. The zero-order valence-corrected chi connectivity index (χ0v) is 9.33. The molecule has 0 aromatic heterocycles. The fourth-order valence-electron chi connectivity index (χ4n) is 2.43. The number of carboxylic acids is 3.